The van der Waals surface area contributed by atoms with Gasteiger partial charge in [-0.15, -0.1) is 11.8 Å². The van der Waals surface area contributed by atoms with Crippen LogP contribution in [0.25, 0.3) is 0 Å². The third-order valence-electron chi connectivity index (χ3n) is 4.15. The Bertz CT molecular complexity index is 409. The average molecular weight is 263 g/mol. The molecule has 3 heteroatoms. The van der Waals surface area contributed by atoms with Gasteiger partial charge in [0.25, 0.3) is 0 Å². The zero-order valence-electron chi connectivity index (χ0n) is 10.6. The van der Waals surface area contributed by atoms with Crippen molar-refractivity contribution < 1.29 is 5.11 Å². The minimum absolute atomic E-state index is 0.136. The van der Waals surface area contributed by atoms with E-state index in [9.17, 15) is 5.11 Å². The number of rotatable bonds is 3. The Hall–Kier alpha value is -0.510. The van der Waals surface area contributed by atoms with Crippen LogP contribution in [-0.2, 0) is 0 Å². The van der Waals surface area contributed by atoms with E-state index in [4.69, 9.17) is 0 Å². The zero-order valence-corrected chi connectivity index (χ0v) is 11.5. The highest BCUT2D eigenvalue weighted by Crippen LogP contribution is 2.38. The van der Waals surface area contributed by atoms with Crippen LogP contribution in [0, 0.1) is 0 Å². The predicted octanol–water partition coefficient (Wildman–Crippen LogP) is 2.77. The van der Waals surface area contributed by atoms with Crippen LogP contribution in [0.4, 0.5) is 0 Å². The molecule has 2 N–H and O–H groups in total. The van der Waals surface area contributed by atoms with Gasteiger partial charge in [0.1, 0.15) is 0 Å². The molecule has 0 bridgehead atoms. The molecule has 18 heavy (non-hydrogen) atoms. The molecule has 1 aliphatic carbocycles. The second-order valence-corrected chi connectivity index (χ2v) is 6.47. The number of aliphatic hydroxyl groups excluding tert-OH is 1. The highest BCUT2D eigenvalue weighted by Gasteiger charge is 2.26. The number of benzene rings is 1. The van der Waals surface area contributed by atoms with Crippen molar-refractivity contribution in [1.29, 1.82) is 0 Å². The summed E-state index contributed by atoms with van der Waals surface area (Å²) in [5.74, 6) is 1.79. The molecule has 1 aromatic rings. The Labute approximate surface area is 113 Å². The Morgan fingerprint density at radius 2 is 2.06 bits per heavy atom. The van der Waals surface area contributed by atoms with Crippen molar-refractivity contribution in [1.82, 2.24) is 5.32 Å². The number of aliphatic hydroxyl groups is 1. The Kier molecular flexibility index (Phi) is 3.92. The Morgan fingerprint density at radius 3 is 2.94 bits per heavy atom. The van der Waals surface area contributed by atoms with E-state index >= 15 is 0 Å². The van der Waals surface area contributed by atoms with Gasteiger partial charge in [-0.25, -0.2) is 0 Å². The van der Waals surface area contributed by atoms with E-state index in [-0.39, 0.29) is 6.10 Å². The lowest BCUT2D eigenvalue weighted by atomic mass is 9.92. The van der Waals surface area contributed by atoms with E-state index in [0.29, 0.717) is 12.0 Å². The molecule has 0 spiro atoms. The van der Waals surface area contributed by atoms with Crippen molar-refractivity contribution in [3.8, 4) is 0 Å². The van der Waals surface area contributed by atoms with E-state index < -0.39 is 0 Å². The van der Waals surface area contributed by atoms with Crippen molar-refractivity contribution >= 4 is 11.8 Å². The molecule has 98 valence electrons. The molecule has 1 aromatic carbocycles. The molecule has 1 fully saturated rings. The Balaban J connectivity index is 1.58. The van der Waals surface area contributed by atoms with Gasteiger partial charge in [0.2, 0.25) is 0 Å². The molecule has 3 atom stereocenters. The molecule has 0 saturated heterocycles. The second-order valence-electron chi connectivity index (χ2n) is 5.41. The maximum absolute atomic E-state index is 9.97. The van der Waals surface area contributed by atoms with Crippen molar-refractivity contribution in [2.45, 2.75) is 48.6 Å². The van der Waals surface area contributed by atoms with Crippen molar-refractivity contribution in [3.05, 3.63) is 29.8 Å². The summed E-state index contributed by atoms with van der Waals surface area (Å²) in [6, 6.07) is 9.03. The van der Waals surface area contributed by atoms with Gasteiger partial charge in [0.15, 0.2) is 0 Å². The first-order chi connectivity index (χ1) is 8.84. The standard InChI is InChI=1S/C15H21NOS/c17-14-7-3-2-6-13(14)16-9-11-10-18-15-8-4-1-5-12(11)15/h1,4-5,8,11,13-14,16-17H,2-3,6-7,9-10H2. The van der Waals surface area contributed by atoms with E-state index in [1.807, 2.05) is 11.8 Å². The number of hydrogen-bond acceptors (Lipinski definition) is 3. The van der Waals surface area contributed by atoms with Gasteiger partial charge in [0.05, 0.1) is 6.10 Å². The molecule has 1 saturated carbocycles. The first-order valence-corrected chi connectivity index (χ1v) is 7.96. The van der Waals surface area contributed by atoms with Gasteiger partial charge in [-0.3, -0.25) is 0 Å². The van der Waals surface area contributed by atoms with Crippen LogP contribution in [0.5, 0.6) is 0 Å². The highest BCUT2D eigenvalue weighted by molar-refractivity contribution is 7.99. The van der Waals surface area contributed by atoms with Crippen LogP contribution in [0.3, 0.4) is 0 Å². The number of hydrogen-bond donors (Lipinski definition) is 2. The summed E-state index contributed by atoms with van der Waals surface area (Å²) in [5.41, 5.74) is 1.49. The first kappa shape index (κ1) is 12.5. The van der Waals surface area contributed by atoms with Gasteiger partial charge in [0, 0.05) is 29.2 Å². The predicted molar refractivity (Wildman–Crippen MR) is 76.2 cm³/mol. The third-order valence-corrected chi connectivity index (χ3v) is 5.41. The molecule has 0 radical (unpaired) electrons. The maximum Gasteiger partial charge on any atom is 0.0693 e. The zero-order chi connectivity index (χ0) is 12.4. The molecule has 0 aromatic heterocycles. The summed E-state index contributed by atoms with van der Waals surface area (Å²) in [5, 5.41) is 13.6. The largest absolute Gasteiger partial charge is 0.392 e. The van der Waals surface area contributed by atoms with Crippen molar-refractivity contribution in [2.24, 2.45) is 0 Å². The van der Waals surface area contributed by atoms with Crippen LogP contribution in [0.1, 0.15) is 37.2 Å². The van der Waals surface area contributed by atoms with Gasteiger partial charge >= 0.3 is 0 Å². The third kappa shape index (κ3) is 2.58. The molecule has 3 unspecified atom stereocenters. The molecule has 2 nitrogen and oxygen atoms in total. The lowest BCUT2D eigenvalue weighted by Gasteiger charge is -2.29. The van der Waals surface area contributed by atoms with E-state index in [2.05, 4.69) is 29.6 Å². The molecule has 2 aliphatic rings. The fraction of sp³-hybridized carbons (Fsp3) is 0.600. The second kappa shape index (κ2) is 5.64. The van der Waals surface area contributed by atoms with Crippen LogP contribution in [0.2, 0.25) is 0 Å². The van der Waals surface area contributed by atoms with E-state index in [1.54, 1.807) is 0 Å². The lowest BCUT2D eigenvalue weighted by Crippen LogP contribution is -2.43. The van der Waals surface area contributed by atoms with Gasteiger partial charge < -0.3 is 10.4 Å². The fourth-order valence-corrected chi connectivity index (χ4v) is 4.30. The molecular formula is C15H21NOS. The molecule has 0 amide bonds. The minimum Gasteiger partial charge on any atom is -0.392 e. The summed E-state index contributed by atoms with van der Waals surface area (Å²) in [7, 11) is 0. The van der Waals surface area contributed by atoms with Crippen LogP contribution in [0.15, 0.2) is 29.2 Å². The van der Waals surface area contributed by atoms with E-state index in [1.165, 1.54) is 29.1 Å². The smallest absolute Gasteiger partial charge is 0.0693 e. The monoisotopic (exact) mass is 263 g/mol. The fourth-order valence-electron chi connectivity index (χ4n) is 3.04. The quantitative estimate of drug-likeness (QED) is 0.879. The van der Waals surface area contributed by atoms with Gasteiger partial charge in [-0.1, -0.05) is 31.0 Å². The molecule has 3 rings (SSSR count). The Morgan fingerprint density at radius 1 is 1.22 bits per heavy atom. The maximum atomic E-state index is 9.97. The van der Waals surface area contributed by atoms with Gasteiger partial charge in [-0.2, -0.15) is 0 Å². The number of thioether (sulfide) groups is 1. The topological polar surface area (TPSA) is 32.3 Å². The number of nitrogens with one attached hydrogen (secondary N) is 1. The lowest BCUT2D eigenvalue weighted by molar-refractivity contribution is 0.0906. The normalized spacial score (nSPS) is 31.3. The van der Waals surface area contributed by atoms with E-state index in [0.717, 1.165) is 19.4 Å². The average Bonchev–Trinajstić information content (AvgIpc) is 2.81. The van der Waals surface area contributed by atoms with Crippen molar-refractivity contribution in [2.75, 3.05) is 12.3 Å². The summed E-state index contributed by atoms with van der Waals surface area (Å²) in [6.45, 7) is 1.01. The SMILES string of the molecule is OC1CCCCC1NCC1CSc2ccccc21. The van der Waals surface area contributed by atoms with Gasteiger partial charge in [-0.05, 0) is 24.5 Å². The molecular weight excluding hydrogens is 242 g/mol. The first-order valence-electron chi connectivity index (χ1n) is 6.98. The van der Waals surface area contributed by atoms with Crippen LogP contribution >= 0.6 is 11.8 Å². The van der Waals surface area contributed by atoms with Crippen molar-refractivity contribution in [3.63, 3.8) is 0 Å². The van der Waals surface area contributed by atoms with Crippen LogP contribution < -0.4 is 5.32 Å². The minimum atomic E-state index is -0.136. The summed E-state index contributed by atoms with van der Waals surface area (Å²) >= 11 is 1.96. The highest BCUT2D eigenvalue weighted by atomic mass is 32.2. The summed E-state index contributed by atoms with van der Waals surface area (Å²) in [4.78, 5) is 1.44. The van der Waals surface area contributed by atoms with Crippen LogP contribution in [-0.4, -0.2) is 29.5 Å². The molecule has 1 heterocycles. The summed E-state index contributed by atoms with van der Waals surface area (Å²) < 4.78 is 0. The summed E-state index contributed by atoms with van der Waals surface area (Å²) in [6.07, 6.45) is 4.39. The number of fused-ring (bicyclic) bond motifs is 1. The molecule has 1 aliphatic heterocycles.